The Hall–Kier alpha value is -2.41. The summed E-state index contributed by atoms with van der Waals surface area (Å²) >= 11 is 1.71. The summed E-state index contributed by atoms with van der Waals surface area (Å²) in [5.74, 6) is 1.07. The van der Waals surface area contributed by atoms with E-state index in [-0.39, 0.29) is 16.9 Å². The van der Waals surface area contributed by atoms with Gasteiger partial charge in [-0.05, 0) is 49.1 Å². The van der Waals surface area contributed by atoms with Crippen molar-refractivity contribution in [2.45, 2.75) is 53.4 Å². The molecule has 1 aromatic rings. The summed E-state index contributed by atoms with van der Waals surface area (Å²) in [6, 6.07) is 5.02. The van der Waals surface area contributed by atoms with Crippen molar-refractivity contribution in [3.63, 3.8) is 0 Å². The highest BCUT2D eigenvalue weighted by Gasteiger charge is 2.43. The first-order valence-electron chi connectivity index (χ1n) is 11.1. The maximum absolute atomic E-state index is 13.3. The number of nitrogens with one attached hydrogen (secondary N) is 1. The maximum atomic E-state index is 13.3. The number of hydrogen-bond acceptors (Lipinski definition) is 7. The third kappa shape index (κ3) is 5.14. The van der Waals surface area contributed by atoms with Crippen LogP contribution in [0.1, 0.15) is 58.9 Å². The molecule has 174 valence electrons. The summed E-state index contributed by atoms with van der Waals surface area (Å²) in [7, 11) is 0. The van der Waals surface area contributed by atoms with E-state index in [1.807, 2.05) is 13.8 Å². The lowest BCUT2D eigenvalue weighted by Gasteiger charge is -2.39. The number of carbonyl (C=O) groups excluding carboxylic acids is 2. The highest BCUT2D eigenvalue weighted by atomic mass is 32.2. The molecule has 1 atom stereocenters. The van der Waals surface area contributed by atoms with Gasteiger partial charge in [0.1, 0.15) is 6.61 Å². The molecule has 3 rings (SSSR count). The van der Waals surface area contributed by atoms with Gasteiger partial charge in [-0.1, -0.05) is 26.8 Å². The van der Waals surface area contributed by atoms with Gasteiger partial charge in [-0.2, -0.15) is 11.8 Å². The fourth-order valence-corrected chi connectivity index (χ4v) is 4.93. The molecule has 0 spiro atoms. The van der Waals surface area contributed by atoms with Crippen molar-refractivity contribution >= 4 is 23.5 Å². The number of Topliss-reactive ketones (excluding diaryl/α,β-unsaturated/α-hetero) is 1. The number of aromatic hydroxyl groups is 1. The Morgan fingerprint density at radius 3 is 2.72 bits per heavy atom. The molecule has 2 aliphatic rings. The molecular formula is C25H33NO5S. The van der Waals surface area contributed by atoms with Crippen LogP contribution in [-0.4, -0.2) is 41.6 Å². The number of rotatable bonds is 8. The lowest BCUT2D eigenvalue weighted by Crippen LogP contribution is -2.38. The molecule has 1 heterocycles. The first-order chi connectivity index (χ1) is 15.2. The molecule has 7 heteroatoms. The molecule has 1 aromatic carbocycles. The van der Waals surface area contributed by atoms with E-state index >= 15 is 0 Å². The normalized spacial score (nSPS) is 20.0. The van der Waals surface area contributed by atoms with E-state index in [0.717, 1.165) is 22.8 Å². The van der Waals surface area contributed by atoms with Gasteiger partial charge in [0.05, 0.1) is 12.2 Å². The molecule has 0 saturated heterocycles. The predicted molar refractivity (Wildman–Crippen MR) is 127 cm³/mol. The Bertz CT molecular complexity index is 963. The molecule has 1 aliphatic carbocycles. The van der Waals surface area contributed by atoms with Crippen LogP contribution in [-0.2, 0) is 14.3 Å². The second-order valence-corrected chi connectivity index (χ2v) is 10.3. The van der Waals surface area contributed by atoms with Crippen LogP contribution in [0.25, 0.3) is 0 Å². The summed E-state index contributed by atoms with van der Waals surface area (Å²) in [6.07, 6.45) is 1.13. The second kappa shape index (κ2) is 10.0. The Labute approximate surface area is 194 Å². The van der Waals surface area contributed by atoms with Crippen molar-refractivity contribution in [3.05, 3.63) is 46.3 Å². The molecule has 0 aromatic heterocycles. The van der Waals surface area contributed by atoms with Crippen LogP contribution in [0, 0.1) is 5.41 Å². The highest BCUT2D eigenvalue weighted by molar-refractivity contribution is 7.99. The summed E-state index contributed by atoms with van der Waals surface area (Å²) < 4.78 is 11.2. The number of phenols is 1. The van der Waals surface area contributed by atoms with Crippen LogP contribution in [0.15, 0.2) is 40.7 Å². The minimum absolute atomic E-state index is 0.0243. The second-order valence-electron chi connectivity index (χ2n) is 8.92. The molecule has 0 fully saturated rings. The molecule has 2 N–H and O–H groups in total. The fourth-order valence-electron chi connectivity index (χ4n) is 4.44. The monoisotopic (exact) mass is 459 g/mol. The lowest BCUT2D eigenvalue weighted by molar-refractivity contribution is -0.138. The number of phenolic OH excluding ortho intramolecular Hbond substituents is 1. The highest BCUT2D eigenvalue weighted by Crippen LogP contribution is 2.47. The third-order valence-corrected chi connectivity index (χ3v) is 6.61. The predicted octanol–water partition coefficient (Wildman–Crippen LogP) is 4.69. The van der Waals surface area contributed by atoms with Crippen molar-refractivity contribution in [2.75, 3.05) is 24.7 Å². The van der Waals surface area contributed by atoms with E-state index in [0.29, 0.717) is 48.6 Å². The van der Waals surface area contributed by atoms with Gasteiger partial charge in [-0.3, -0.25) is 4.79 Å². The topological polar surface area (TPSA) is 84.9 Å². The summed E-state index contributed by atoms with van der Waals surface area (Å²) in [5, 5.41) is 13.5. The van der Waals surface area contributed by atoms with E-state index in [1.165, 1.54) is 0 Å². The number of dihydropyridines is 1. The van der Waals surface area contributed by atoms with Gasteiger partial charge in [-0.15, -0.1) is 0 Å². The van der Waals surface area contributed by atoms with Gasteiger partial charge in [0.15, 0.2) is 17.3 Å². The molecule has 32 heavy (non-hydrogen) atoms. The SMILES string of the molecule is CCOc1cc([C@H]2C(C(=O)OCCSCC)=C(C)NC3=C2C(=O)CC(C)(C)C3)ccc1O. The van der Waals surface area contributed by atoms with Gasteiger partial charge in [0.2, 0.25) is 0 Å². The lowest BCUT2D eigenvalue weighted by atomic mass is 9.68. The van der Waals surface area contributed by atoms with E-state index in [2.05, 4.69) is 26.1 Å². The van der Waals surface area contributed by atoms with Gasteiger partial charge >= 0.3 is 5.97 Å². The first kappa shape index (κ1) is 24.2. The molecule has 6 nitrogen and oxygen atoms in total. The Morgan fingerprint density at radius 1 is 1.28 bits per heavy atom. The zero-order valence-corrected chi connectivity index (χ0v) is 20.4. The van der Waals surface area contributed by atoms with Gasteiger partial charge in [0, 0.05) is 35.1 Å². The van der Waals surface area contributed by atoms with E-state index < -0.39 is 11.9 Å². The molecule has 0 bridgehead atoms. The maximum Gasteiger partial charge on any atom is 0.336 e. The summed E-state index contributed by atoms with van der Waals surface area (Å²) in [4.78, 5) is 26.5. The van der Waals surface area contributed by atoms with Crippen LogP contribution in [0.5, 0.6) is 11.5 Å². The van der Waals surface area contributed by atoms with Crippen LogP contribution in [0.4, 0.5) is 0 Å². The number of benzene rings is 1. The van der Waals surface area contributed by atoms with Crippen LogP contribution in [0.3, 0.4) is 0 Å². The largest absolute Gasteiger partial charge is 0.504 e. The van der Waals surface area contributed by atoms with Crippen molar-refractivity contribution in [1.82, 2.24) is 5.32 Å². The number of esters is 1. The van der Waals surface area contributed by atoms with Crippen LogP contribution in [0.2, 0.25) is 0 Å². The molecule has 0 saturated carbocycles. The first-order valence-corrected chi connectivity index (χ1v) is 12.3. The Balaban J connectivity index is 2.07. The zero-order valence-electron chi connectivity index (χ0n) is 19.5. The summed E-state index contributed by atoms with van der Waals surface area (Å²) in [5.41, 5.74) is 3.16. The standard InChI is InChI=1S/C25H33NO5S/c1-6-30-20-12-16(8-9-18(20)27)22-21(24(29)31-10-11-32-7-2)15(3)26-17-13-25(4,5)14-19(28)23(17)22/h8-9,12,22,26-27H,6-7,10-11,13-14H2,1-5H3/t22-/m0/s1. The quantitative estimate of drug-likeness (QED) is 0.431. The number of ether oxygens (including phenoxy) is 2. The average Bonchev–Trinajstić information content (AvgIpc) is 2.71. The zero-order chi connectivity index (χ0) is 23.5. The van der Waals surface area contributed by atoms with Crippen molar-refractivity contribution in [2.24, 2.45) is 5.41 Å². The number of thioether (sulfide) groups is 1. The van der Waals surface area contributed by atoms with Gasteiger partial charge in [-0.25, -0.2) is 4.79 Å². The van der Waals surface area contributed by atoms with Crippen molar-refractivity contribution in [3.8, 4) is 11.5 Å². The minimum atomic E-state index is -0.569. The summed E-state index contributed by atoms with van der Waals surface area (Å²) in [6.45, 7) is 10.6. The average molecular weight is 460 g/mol. The third-order valence-electron chi connectivity index (χ3n) is 5.74. The molecule has 0 unspecified atom stereocenters. The Morgan fingerprint density at radius 2 is 2.03 bits per heavy atom. The van der Waals surface area contributed by atoms with Crippen molar-refractivity contribution < 1.29 is 24.2 Å². The number of carbonyl (C=O) groups is 2. The molecule has 1 aliphatic heterocycles. The Kier molecular flexibility index (Phi) is 7.59. The van der Waals surface area contributed by atoms with E-state index in [1.54, 1.807) is 30.0 Å². The van der Waals surface area contributed by atoms with E-state index in [4.69, 9.17) is 9.47 Å². The number of allylic oxidation sites excluding steroid dienone is 3. The number of ketones is 1. The van der Waals surface area contributed by atoms with Crippen LogP contribution < -0.4 is 10.1 Å². The van der Waals surface area contributed by atoms with E-state index in [9.17, 15) is 14.7 Å². The van der Waals surface area contributed by atoms with Gasteiger partial charge in [0.25, 0.3) is 0 Å². The molecule has 0 amide bonds. The fraction of sp³-hybridized carbons (Fsp3) is 0.520. The van der Waals surface area contributed by atoms with Gasteiger partial charge < -0.3 is 19.9 Å². The molecule has 0 radical (unpaired) electrons. The smallest absolute Gasteiger partial charge is 0.336 e. The molecular weight excluding hydrogens is 426 g/mol. The number of hydrogen-bond donors (Lipinski definition) is 2. The van der Waals surface area contributed by atoms with Crippen molar-refractivity contribution in [1.29, 1.82) is 0 Å². The minimum Gasteiger partial charge on any atom is -0.504 e. The van der Waals surface area contributed by atoms with Crippen LogP contribution >= 0.6 is 11.8 Å².